The molecule has 79 heavy (non-hydrogen) atoms. The minimum Gasteiger partial charge on any atom is -0.479 e. The molecular weight excluding hydrogens is 997 g/mol. The molecule has 1 saturated heterocycles. The lowest BCUT2D eigenvalue weighted by Gasteiger charge is -2.40. The molecule has 0 aromatic rings. The number of esters is 3. The second-order valence-electron chi connectivity index (χ2n) is 23.8. The molecule has 0 aliphatic carbocycles. The van der Waals surface area contributed by atoms with Crippen molar-refractivity contribution in [3.8, 4) is 0 Å². The highest BCUT2D eigenvalue weighted by molar-refractivity contribution is 5.74. The monoisotopic (exact) mass is 1120 g/mol. The van der Waals surface area contributed by atoms with Crippen LogP contribution in [0.15, 0.2) is 0 Å². The molecule has 0 aromatic carbocycles. The summed E-state index contributed by atoms with van der Waals surface area (Å²) in [7, 11) is 0. The van der Waals surface area contributed by atoms with Crippen LogP contribution in [0.2, 0.25) is 0 Å². The van der Waals surface area contributed by atoms with Crippen molar-refractivity contribution in [3.05, 3.63) is 0 Å². The van der Waals surface area contributed by atoms with Gasteiger partial charge in [0.15, 0.2) is 24.6 Å². The first-order valence-electron chi connectivity index (χ1n) is 34.0. The summed E-state index contributed by atoms with van der Waals surface area (Å²) >= 11 is 0. The number of carbonyl (C=O) groups excluding carboxylic acids is 3. The second kappa shape index (κ2) is 56.2. The van der Waals surface area contributed by atoms with Gasteiger partial charge in [0.05, 0.1) is 6.61 Å². The van der Waals surface area contributed by atoms with Gasteiger partial charge in [-0.15, -0.1) is 0 Å². The van der Waals surface area contributed by atoms with E-state index >= 15 is 0 Å². The van der Waals surface area contributed by atoms with E-state index in [1.165, 1.54) is 238 Å². The average Bonchev–Trinajstić information content (AvgIpc) is 3.46. The standard InChI is InChI=1S/C67H126O12/c1-4-7-10-13-16-19-22-25-28-30-33-35-38-41-44-47-50-53-59(68)75-56-58(77-60(69)54-51-48-45-42-39-37-34-31-29-26-23-20-17-14-11-8-5-2)57-76-67-65(63(72)62(71)64(79-67)66(73)74)78-61(70)55-52-49-46-43-40-36-32-27-24-21-18-15-12-9-6-3/h58,62-65,67,71-72H,4-57H2,1-3H3,(H,73,74). The molecule has 12 nitrogen and oxygen atoms in total. The van der Waals surface area contributed by atoms with Crippen LogP contribution in [0.25, 0.3) is 0 Å². The summed E-state index contributed by atoms with van der Waals surface area (Å²) in [4.78, 5) is 51.4. The first kappa shape index (κ1) is 74.7. The highest BCUT2D eigenvalue weighted by atomic mass is 16.7. The fraction of sp³-hybridized carbons (Fsp3) is 0.940. The fourth-order valence-electron chi connectivity index (χ4n) is 11.0. The smallest absolute Gasteiger partial charge is 0.335 e. The zero-order valence-corrected chi connectivity index (χ0v) is 51.7. The van der Waals surface area contributed by atoms with E-state index in [2.05, 4.69) is 20.8 Å². The van der Waals surface area contributed by atoms with E-state index in [0.717, 1.165) is 57.8 Å². The molecule has 1 fully saturated rings. The molecule has 0 amide bonds. The Hall–Kier alpha value is -2.28. The Bertz CT molecular complexity index is 1380. The van der Waals surface area contributed by atoms with Gasteiger partial charge in [0.2, 0.25) is 0 Å². The Morgan fingerprint density at radius 2 is 0.646 bits per heavy atom. The molecule has 466 valence electrons. The third kappa shape index (κ3) is 45.9. The number of aliphatic hydroxyl groups excluding tert-OH is 2. The molecule has 0 aromatic heterocycles. The lowest BCUT2D eigenvalue weighted by molar-refractivity contribution is -0.301. The van der Waals surface area contributed by atoms with Gasteiger partial charge in [0.25, 0.3) is 0 Å². The Balaban J connectivity index is 2.62. The number of rotatable bonds is 60. The largest absolute Gasteiger partial charge is 0.479 e. The molecule has 0 radical (unpaired) electrons. The number of hydrogen-bond acceptors (Lipinski definition) is 11. The van der Waals surface area contributed by atoms with Gasteiger partial charge < -0.3 is 39.0 Å². The zero-order valence-electron chi connectivity index (χ0n) is 51.7. The number of carboxylic acids is 1. The van der Waals surface area contributed by atoms with Crippen LogP contribution >= 0.6 is 0 Å². The predicted octanol–water partition coefficient (Wildman–Crippen LogP) is 18.2. The normalized spacial score (nSPS) is 17.7. The molecule has 1 aliphatic rings. The number of carbonyl (C=O) groups is 4. The zero-order chi connectivity index (χ0) is 57.5. The predicted molar refractivity (Wildman–Crippen MR) is 322 cm³/mol. The molecule has 1 heterocycles. The number of aliphatic hydroxyl groups is 2. The van der Waals surface area contributed by atoms with Crippen molar-refractivity contribution < 1.29 is 58.2 Å². The third-order valence-corrected chi connectivity index (χ3v) is 16.2. The lowest BCUT2D eigenvalue weighted by atomic mass is 9.98. The van der Waals surface area contributed by atoms with Crippen molar-refractivity contribution in [1.82, 2.24) is 0 Å². The molecule has 1 aliphatic heterocycles. The topological polar surface area (TPSA) is 175 Å². The van der Waals surface area contributed by atoms with Gasteiger partial charge in [-0.25, -0.2) is 4.79 Å². The Labute approximate surface area is 484 Å². The van der Waals surface area contributed by atoms with Crippen molar-refractivity contribution in [3.63, 3.8) is 0 Å². The number of aliphatic carboxylic acids is 1. The van der Waals surface area contributed by atoms with Gasteiger partial charge in [-0.1, -0.05) is 316 Å². The summed E-state index contributed by atoms with van der Waals surface area (Å²) in [6.45, 7) is 6.08. The lowest BCUT2D eigenvalue weighted by Crippen LogP contribution is -2.61. The van der Waals surface area contributed by atoms with Gasteiger partial charge in [0, 0.05) is 19.3 Å². The second-order valence-corrected chi connectivity index (χ2v) is 23.8. The molecule has 3 N–H and O–H groups in total. The highest BCUT2D eigenvalue weighted by Gasteiger charge is 2.50. The number of carboxylic acid groups (broad SMARTS) is 1. The van der Waals surface area contributed by atoms with E-state index in [1.54, 1.807) is 0 Å². The van der Waals surface area contributed by atoms with E-state index in [4.69, 9.17) is 23.7 Å². The van der Waals surface area contributed by atoms with Crippen LogP contribution in [0.3, 0.4) is 0 Å². The van der Waals surface area contributed by atoms with E-state index in [0.29, 0.717) is 19.3 Å². The fourth-order valence-corrected chi connectivity index (χ4v) is 11.0. The summed E-state index contributed by atoms with van der Waals surface area (Å²) < 4.78 is 28.6. The molecule has 1 rings (SSSR count). The van der Waals surface area contributed by atoms with Crippen LogP contribution in [0.4, 0.5) is 0 Å². The number of ether oxygens (including phenoxy) is 5. The van der Waals surface area contributed by atoms with Gasteiger partial charge in [-0.3, -0.25) is 14.4 Å². The summed E-state index contributed by atoms with van der Waals surface area (Å²) in [5, 5.41) is 31.6. The maximum absolute atomic E-state index is 13.2. The Kier molecular flexibility index (Phi) is 53.2. The summed E-state index contributed by atoms with van der Waals surface area (Å²) in [6.07, 6.45) is 50.6. The quantitative estimate of drug-likeness (QED) is 0.0299. The minimum absolute atomic E-state index is 0.0711. The molecule has 0 saturated carbocycles. The maximum Gasteiger partial charge on any atom is 0.335 e. The maximum atomic E-state index is 13.2. The number of hydrogen-bond donors (Lipinski definition) is 3. The van der Waals surface area contributed by atoms with Gasteiger partial charge in [0.1, 0.15) is 18.8 Å². The average molecular weight is 1120 g/mol. The van der Waals surface area contributed by atoms with Crippen LogP contribution in [0.5, 0.6) is 0 Å². The van der Waals surface area contributed by atoms with Crippen molar-refractivity contribution in [2.24, 2.45) is 0 Å². The van der Waals surface area contributed by atoms with Crippen molar-refractivity contribution >= 4 is 23.9 Å². The molecule has 0 spiro atoms. The van der Waals surface area contributed by atoms with Crippen LogP contribution in [0.1, 0.15) is 355 Å². The van der Waals surface area contributed by atoms with Crippen molar-refractivity contribution in [1.29, 1.82) is 0 Å². The number of unbranched alkanes of at least 4 members (excludes halogenated alkanes) is 46. The van der Waals surface area contributed by atoms with Crippen LogP contribution in [-0.2, 0) is 42.9 Å². The Morgan fingerprint density at radius 1 is 0.367 bits per heavy atom. The van der Waals surface area contributed by atoms with Crippen LogP contribution in [-0.4, -0.2) is 89.2 Å². The van der Waals surface area contributed by atoms with E-state index in [1.807, 2.05) is 0 Å². The van der Waals surface area contributed by atoms with Crippen molar-refractivity contribution in [2.75, 3.05) is 13.2 Å². The van der Waals surface area contributed by atoms with Gasteiger partial charge >= 0.3 is 23.9 Å². The summed E-state index contributed by atoms with van der Waals surface area (Å²) in [5.41, 5.74) is 0. The summed E-state index contributed by atoms with van der Waals surface area (Å²) in [5.74, 6) is -3.06. The van der Waals surface area contributed by atoms with E-state index in [-0.39, 0.29) is 25.9 Å². The van der Waals surface area contributed by atoms with Crippen LogP contribution in [0, 0.1) is 0 Å². The SMILES string of the molecule is CCCCCCCCCCCCCCCCCCCC(=O)OCC(COC1OC(C(=O)O)C(O)C(O)C1OC(=O)CCCCCCCCCCCCCCCCC)OC(=O)CCCCCCCCCCCCCCCCCCC. The highest BCUT2D eigenvalue weighted by Crippen LogP contribution is 2.27. The molecule has 0 bridgehead atoms. The van der Waals surface area contributed by atoms with Crippen molar-refractivity contribution in [2.45, 2.75) is 391 Å². The Morgan fingerprint density at radius 3 is 0.949 bits per heavy atom. The summed E-state index contributed by atoms with van der Waals surface area (Å²) in [6, 6.07) is 0. The van der Waals surface area contributed by atoms with Gasteiger partial charge in [-0.2, -0.15) is 0 Å². The minimum atomic E-state index is -1.89. The van der Waals surface area contributed by atoms with Gasteiger partial charge in [-0.05, 0) is 19.3 Å². The van der Waals surface area contributed by atoms with E-state index < -0.39 is 67.3 Å². The molecule has 12 heteroatoms. The first-order valence-corrected chi connectivity index (χ1v) is 34.0. The molecule has 6 atom stereocenters. The third-order valence-electron chi connectivity index (χ3n) is 16.2. The molecule has 6 unspecified atom stereocenters. The van der Waals surface area contributed by atoms with E-state index in [9.17, 15) is 34.5 Å². The first-order chi connectivity index (χ1) is 38.6. The van der Waals surface area contributed by atoms with Crippen LogP contribution < -0.4 is 0 Å². The molecular formula is C67H126O12.